The van der Waals surface area contributed by atoms with E-state index in [9.17, 15) is 18.0 Å². The minimum Gasteiger partial charge on any atom is -0.482 e. The number of nitrogens with one attached hydrogen (secondary N) is 1. The van der Waals surface area contributed by atoms with E-state index in [-0.39, 0.29) is 11.7 Å². The van der Waals surface area contributed by atoms with Crippen LogP contribution >= 0.6 is 0 Å². The number of carbonyl (C=O) groups is 1. The van der Waals surface area contributed by atoms with Gasteiger partial charge in [-0.25, -0.2) is 0 Å². The Hall–Kier alpha value is -3.53. The molecule has 0 unspecified atom stereocenters. The fourth-order valence-electron chi connectivity index (χ4n) is 4.40. The number of aryl methyl sites for hydroxylation is 2. The number of nitrogens with zero attached hydrogens (tertiary/aromatic N) is 3. The van der Waals surface area contributed by atoms with E-state index < -0.39 is 12.8 Å². The third-order valence-corrected chi connectivity index (χ3v) is 6.29. The first kappa shape index (κ1) is 26.5. The molecule has 1 fully saturated rings. The Morgan fingerprint density at radius 1 is 1.08 bits per heavy atom. The summed E-state index contributed by atoms with van der Waals surface area (Å²) in [6.07, 6.45) is -3.62. The molecular formula is C27H31F3N4O3. The summed E-state index contributed by atoms with van der Waals surface area (Å²) in [5, 5.41) is 7.03. The van der Waals surface area contributed by atoms with Crippen LogP contribution in [0.1, 0.15) is 28.1 Å². The Bertz CT molecular complexity index is 1190. The highest BCUT2D eigenvalue weighted by Gasteiger charge is 2.29. The second kappa shape index (κ2) is 11.7. The van der Waals surface area contributed by atoms with Gasteiger partial charge in [0, 0.05) is 38.3 Å². The molecule has 10 heteroatoms. The zero-order valence-corrected chi connectivity index (χ0v) is 21.0. The summed E-state index contributed by atoms with van der Waals surface area (Å²) in [6, 6.07) is 14.8. The predicted molar refractivity (Wildman–Crippen MR) is 135 cm³/mol. The molecule has 1 aromatic heterocycles. The number of amides is 1. The van der Waals surface area contributed by atoms with E-state index in [0.717, 1.165) is 37.2 Å². The van der Waals surface area contributed by atoms with Gasteiger partial charge in [0.1, 0.15) is 22.8 Å². The van der Waals surface area contributed by atoms with E-state index >= 15 is 0 Å². The van der Waals surface area contributed by atoms with E-state index in [1.807, 2.05) is 49.4 Å². The standard InChI is InChI=1S/C27H31F3N4O3/c1-19-9-10-22(23(17-19)36-18-27(28,29)30)34-15-13-33(14-16-34)12-6-11-31-26(35)24-20(2)37-32-25(24)21-7-4-3-5-8-21/h3-5,7-10,17H,6,11-16,18H2,1-2H3,(H,31,35). The fraction of sp³-hybridized carbons (Fsp3) is 0.407. The number of rotatable bonds is 9. The van der Waals surface area contributed by atoms with Gasteiger partial charge in [-0.1, -0.05) is 41.6 Å². The molecule has 1 aliphatic heterocycles. The van der Waals surface area contributed by atoms with Crippen molar-refractivity contribution in [2.24, 2.45) is 0 Å². The first-order chi connectivity index (χ1) is 17.7. The van der Waals surface area contributed by atoms with E-state index in [4.69, 9.17) is 9.26 Å². The molecular weight excluding hydrogens is 485 g/mol. The van der Waals surface area contributed by atoms with Crippen molar-refractivity contribution >= 4 is 11.6 Å². The van der Waals surface area contributed by atoms with Gasteiger partial charge in [0.15, 0.2) is 6.61 Å². The minimum atomic E-state index is -4.38. The molecule has 0 bridgehead atoms. The molecule has 0 spiro atoms. The van der Waals surface area contributed by atoms with Crippen molar-refractivity contribution in [1.29, 1.82) is 0 Å². The molecule has 4 rings (SSSR count). The van der Waals surface area contributed by atoms with Crippen LogP contribution in [0.15, 0.2) is 53.1 Å². The van der Waals surface area contributed by atoms with Crippen LogP contribution in [0.3, 0.4) is 0 Å². The van der Waals surface area contributed by atoms with Crippen molar-refractivity contribution in [2.45, 2.75) is 26.4 Å². The third-order valence-electron chi connectivity index (χ3n) is 6.29. The van der Waals surface area contributed by atoms with Gasteiger partial charge in [-0.05, 0) is 44.5 Å². The average molecular weight is 517 g/mol. The minimum absolute atomic E-state index is 0.215. The Labute approximate surface area is 214 Å². The number of piperazine rings is 1. The molecule has 3 aromatic rings. The first-order valence-corrected chi connectivity index (χ1v) is 12.3. The van der Waals surface area contributed by atoms with E-state index in [1.54, 1.807) is 13.0 Å². The average Bonchev–Trinajstić information content (AvgIpc) is 3.27. The maximum atomic E-state index is 12.8. The highest BCUT2D eigenvalue weighted by atomic mass is 19.4. The maximum Gasteiger partial charge on any atom is 0.422 e. The molecule has 0 radical (unpaired) electrons. The van der Waals surface area contributed by atoms with Crippen LogP contribution in [0.4, 0.5) is 18.9 Å². The zero-order valence-electron chi connectivity index (χ0n) is 21.0. The van der Waals surface area contributed by atoms with Crippen LogP contribution in [0.5, 0.6) is 5.75 Å². The summed E-state index contributed by atoms with van der Waals surface area (Å²) in [7, 11) is 0. The fourth-order valence-corrected chi connectivity index (χ4v) is 4.40. The monoisotopic (exact) mass is 516 g/mol. The Morgan fingerprint density at radius 2 is 1.81 bits per heavy atom. The summed E-state index contributed by atoms with van der Waals surface area (Å²) in [6.45, 7) is 6.44. The number of carbonyl (C=O) groups excluding carboxylic acids is 1. The summed E-state index contributed by atoms with van der Waals surface area (Å²) in [5.41, 5.74) is 3.32. The Morgan fingerprint density at radius 3 is 2.51 bits per heavy atom. The number of anilines is 1. The summed E-state index contributed by atoms with van der Waals surface area (Å²) in [4.78, 5) is 17.2. The number of ether oxygens (including phenoxy) is 1. The third kappa shape index (κ3) is 7.03. The Kier molecular flexibility index (Phi) is 8.38. The van der Waals surface area contributed by atoms with Crippen LogP contribution < -0.4 is 15.0 Å². The summed E-state index contributed by atoms with van der Waals surface area (Å²) >= 11 is 0. The molecule has 1 aliphatic rings. The van der Waals surface area contributed by atoms with Crippen molar-refractivity contribution in [1.82, 2.24) is 15.4 Å². The summed E-state index contributed by atoms with van der Waals surface area (Å²) in [5.74, 6) is 0.516. The highest BCUT2D eigenvalue weighted by molar-refractivity contribution is 6.00. The molecule has 0 saturated carbocycles. The molecule has 0 atom stereocenters. The number of alkyl halides is 3. The van der Waals surface area contributed by atoms with E-state index in [0.29, 0.717) is 42.3 Å². The van der Waals surface area contributed by atoms with Crippen LogP contribution in [-0.2, 0) is 0 Å². The molecule has 1 amide bonds. The Balaban J connectivity index is 1.25. The van der Waals surface area contributed by atoms with Gasteiger partial charge in [-0.2, -0.15) is 13.2 Å². The van der Waals surface area contributed by atoms with Gasteiger partial charge < -0.3 is 19.5 Å². The van der Waals surface area contributed by atoms with Crippen LogP contribution in [0.2, 0.25) is 0 Å². The first-order valence-electron chi connectivity index (χ1n) is 12.3. The lowest BCUT2D eigenvalue weighted by Crippen LogP contribution is -2.47. The van der Waals surface area contributed by atoms with Crippen LogP contribution in [-0.4, -0.2) is 68.0 Å². The van der Waals surface area contributed by atoms with Crippen molar-refractivity contribution in [3.8, 4) is 17.0 Å². The van der Waals surface area contributed by atoms with Crippen LogP contribution in [0, 0.1) is 13.8 Å². The second-order valence-corrected chi connectivity index (χ2v) is 9.14. The largest absolute Gasteiger partial charge is 0.482 e. The lowest BCUT2D eigenvalue weighted by atomic mass is 10.1. The van der Waals surface area contributed by atoms with E-state index in [2.05, 4.69) is 20.3 Å². The number of aromatic nitrogens is 1. The number of benzene rings is 2. The predicted octanol–water partition coefficient (Wildman–Crippen LogP) is 4.84. The van der Waals surface area contributed by atoms with Crippen molar-refractivity contribution in [3.05, 3.63) is 65.4 Å². The van der Waals surface area contributed by atoms with Gasteiger partial charge in [0.2, 0.25) is 0 Å². The SMILES string of the molecule is Cc1ccc(N2CCN(CCCNC(=O)c3c(-c4ccccc4)noc3C)CC2)c(OCC(F)(F)F)c1. The summed E-state index contributed by atoms with van der Waals surface area (Å²) < 4.78 is 48.4. The molecule has 0 aliphatic carbocycles. The van der Waals surface area contributed by atoms with Crippen LogP contribution in [0.25, 0.3) is 11.3 Å². The molecule has 2 aromatic carbocycles. The molecule has 198 valence electrons. The molecule has 1 saturated heterocycles. The van der Waals surface area contributed by atoms with Gasteiger partial charge in [-0.15, -0.1) is 0 Å². The molecule has 2 heterocycles. The zero-order chi connectivity index (χ0) is 26.4. The highest BCUT2D eigenvalue weighted by Crippen LogP contribution is 2.32. The van der Waals surface area contributed by atoms with Gasteiger partial charge >= 0.3 is 6.18 Å². The van der Waals surface area contributed by atoms with Crippen molar-refractivity contribution in [3.63, 3.8) is 0 Å². The maximum absolute atomic E-state index is 12.8. The lowest BCUT2D eigenvalue weighted by molar-refractivity contribution is -0.153. The van der Waals surface area contributed by atoms with Crippen molar-refractivity contribution in [2.75, 3.05) is 50.8 Å². The molecule has 37 heavy (non-hydrogen) atoms. The van der Waals surface area contributed by atoms with Gasteiger partial charge in [0.05, 0.1) is 5.69 Å². The lowest BCUT2D eigenvalue weighted by Gasteiger charge is -2.36. The smallest absolute Gasteiger partial charge is 0.422 e. The van der Waals surface area contributed by atoms with Gasteiger partial charge in [-0.3, -0.25) is 9.69 Å². The second-order valence-electron chi connectivity index (χ2n) is 9.14. The van der Waals surface area contributed by atoms with Gasteiger partial charge in [0.25, 0.3) is 5.91 Å². The number of hydrogen-bond acceptors (Lipinski definition) is 6. The van der Waals surface area contributed by atoms with E-state index in [1.165, 1.54) is 0 Å². The number of hydrogen-bond donors (Lipinski definition) is 1. The van der Waals surface area contributed by atoms with Crippen molar-refractivity contribution < 1.29 is 27.2 Å². The normalized spacial score (nSPS) is 14.6. The quantitative estimate of drug-likeness (QED) is 0.411. The topological polar surface area (TPSA) is 70.8 Å². The number of halogens is 3. The molecule has 1 N–H and O–H groups in total. The molecule has 7 nitrogen and oxygen atoms in total.